The molecule has 3 unspecified atom stereocenters. The second-order valence-corrected chi connectivity index (χ2v) is 6.97. The molecule has 1 heteroatoms. The third-order valence-electron chi connectivity index (χ3n) is 4.69. The van der Waals surface area contributed by atoms with Gasteiger partial charge in [-0.1, -0.05) is 53.9 Å². The van der Waals surface area contributed by atoms with Gasteiger partial charge in [-0.2, -0.15) is 0 Å². The molecule has 1 aliphatic rings. The minimum Gasteiger partial charge on any atom is -0.325 e. The lowest BCUT2D eigenvalue weighted by molar-refractivity contribution is 0.0383. The molecule has 0 saturated heterocycles. The Kier molecular flexibility index (Phi) is 4.45. The molecule has 0 amide bonds. The van der Waals surface area contributed by atoms with E-state index >= 15 is 0 Å². The Labute approximate surface area is 102 Å². The van der Waals surface area contributed by atoms with Gasteiger partial charge < -0.3 is 5.73 Å². The van der Waals surface area contributed by atoms with E-state index in [1.807, 2.05) is 0 Å². The van der Waals surface area contributed by atoms with Gasteiger partial charge in [0.15, 0.2) is 0 Å². The van der Waals surface area contributed by atoms with Gasteiger partial charge in [-0.15, -0.1) is 0 Å². The molecule has 0 aromatic rings. The van der Waals surface area contributed by atoms with Crippen LogP contribution >= 0.6 is 0 Å². The molecule has 96 valence electrons. The van der Waals surface area contributed by atoms with Crippen molar-refractivity contribution in [1.82, 2.24) is 0 Å². The third-order valence-corrected chi connectivity index (χ3v) is 4.69. The van der Waals surface area contributed by atoms with Crippen LogP contribution in [0.2, 0.25) is 0 Å². The van der Waals surface area contributed by atoms with Gasteiger partial charge in [-0.05, 0) is 36.5 Å². The zero-order valence-electron chi connectivity index (χ0n) is 12.0. The first-order valence-corrected chi connectivity index (χ1v) is 7.11. The number of rotatable bonds is 3. The molecular formula is C15H31N. The number of nitrogens with two attached hydrogens (primary N) is 1. The molecule has 3 atom stereocenters. The lowest BCUT2D eigenvalue weighted by Crippen LogP contribution is -2.57. The summed E-state index contributed by atoms with van der Waals surface area (Å²) in [6.45, 7) is 11.7. The summed E-state index contributed by atoms with van der Waals surface area (Å²) in [4.78, 5) is 0. The first-order valence-electron chi connectivity index (χ1n) is 7.11. The van der Waals surface area contributed by atoms with E-state index in [0.29, 0.717) is 17.3 Å². The summed E-state index contributed by atoms with van der Waals surface area (Å²) in [6, 6.07) is 0. The quantitative estimate of drug-likeness (QED) is 0.759. The summed E-state index contributed by atoms with van der Waals surface area (Å²) in [7, 11) is 0. The van der Waals surface area contributed by atoms with Crippen LogP contribution < -0.4 is 5.73 Å². The summed E-state index contributed by atoms with van der Waals surface area (Å²) in [5.74, 6) is 1.36. The van der Waals surface area contributed by atoms with Gasteiger partial charge in [0, 0.05) is 5.54 Å². The van der Waals surface area contributed by atoms with Crippen molar-refractivity contribution in [3.05, 3.63) is 0 Å². The summed E-state index contributed by atoms with van der Waals surface area (Å²) in [6.07, 6.45) is 7.81. The Balaban J connectivity index is 2.87. The normalized spacial score (nSPS) is 33.8. The zero-order chi connectivity index (χ0) is 12.4. The highest BCUT2D eigenvalue weighted by Crippen LogP contribution is 2.47. The third kappa shape index (κ3) is 2.80. The van der Waals surface area contributed by atoms with E-state index in [1.165, 1.54) is 38.5 Å². The van der Waals surface area contributed by atoms with E-state index in [-0.39, 0.29) is 5.54 Å². The average molecular weight is 225 g/mol. The fourth-order valence-corrected chi connectivity index (χ4v) is 3.75. The van der Waals surface area contributed by atoms with Crippen LogP contribution in [0.25, 0.3) is 0 Å². The number of hydrogen-bond donors (Lipinski definition) is 1. The highest BCUT2D eigenvalue weighted by Gasteiger charge is 2.45. The smallest absolute Gasteiger partial charge is 0.0213 e. The predicted molar refractivity (Wildman–Crippen MR) is 72.4 cm³/mol. The second-order valence-electron chi connectivity index (χ2n) is 6.97. The van der Waals surface area contributed by atoms with E-state index in [1.54, 1.807) is 0 Å². The van der Waals surface area contributed by atoms with Crippen molar-refractivity contribution >= 4 is 0 Å². The molecule has 1 rings (SSSR count). The van der Waals surface area contributed by atoms with E-state index < -0.39 is 0 Å². The Morgan fingerprint density at radius 1 is 1.31 bits per heavy atom. The van der Waals surface area contributed by atoms with Gasteiger partial charge >= 0.3 is 0 Å². The fourth-order valence-electron chi connectivity index (χ4n) is 3.75. The molecule has 0 spiro atoms. The summed E-state index contributed by atoms with van der Waals surface area (Å²) in [5.41, 5.74) is 7.27. The first kappa shape index (κ1) is 14.0. The monoisotopic (exact) mass is 225 g/mol. The standard InChI is InChI=1S/C15H31N/c1-6-9-12(2)15(16)11-8-7-10-13(15)14(3,4)5/h12-13H,6-11,16H2,1-5H3. The summed E-state index contributed by atoms with van der Waals surface area (Å²) < 4.78 is 0. The van der Waals surface area contributed by atoms with Gasteiger partial charge in [0.05, 0.1) is 0 Å². The molecular weight excluding hydrogens is 194 g/mol. The van der Waals surface area contributed by atoms with Gasteiger partial charge in [-0.25, -0.2) is 0 Å². The van der Waals surface area contributed by atoms with E-state index in [2.05, 4.69) is 34.6 Å². The molecule has 0 radical (unpaired) electrons. The van der Waals surface area contributed by atoms with Crippen LogP contribution in [-0.4, -0.2) is 5.54 Å². The fraction of sp³-hybridized carbons (Fsp3) is 1.00. The van der Waals surface area contributed by atoms with Crippen LogP contribution in [0.1, 0.15) is 73.1 Å². The lowest BCUT2D eigenvalue weighted by Gasteiger charge is -2.51. The highest BCUT2D eigenvalue weighted by molar-refractivity contribution is 5.01. The van der Waals surface area contributed by atoms with Crippen LogP contribution in [0.3, 0.4) is 0 Å². The van der Waals surface area contributed by atoms with Crippen LogP contribution in [0.5, 0.6) is 0 Å². The van der Waals surface area contributed by atoms with Crippen molar-refractivity contribution < 1.29 is 0 Å². The van der Waals surface area contributed by atoms with Crippen molar-refractivity contribution in [3.63, 3.8) is 0 Å². The summed E-state index contributed by atoms with van der Waals surface area (Å²) >= 11 is 0. The molecule has 1 saturated carbocycles. The van der Waals surface area contributed by atoms with Gasteiger partial charge in [0.1, 0.15) is 0 Å². The minimum atomic E-state index is 0.0898. The zero-order valence-corrected chi connectivity index (χ0v) is 12.0. The van der Waals surface area contributed by atoms with Crippen LogP contribution in [0.15, 0.2) is 0 Å². The van der Waals surface area contributed by atoms with Gasteiger partial charge in [0.2, 0.25) is 0 Å². The second kappa shape index (κ2) is 5.08. The van der Waals surface area contributed by atoms with E-state index in [0.717, 1.165) is 0 Å². The topological polar surface area (TPSA) is 26.0 Å². The highest BCUT2D eigenvalue weighted by atomic mass is 14.8. The number of hydrogen-bond acceptors (Lipinski definition) is 1. The van der Waals surface area contributed by atoms with Gasteiger partial charge in [0.25, 0.3) is 0 Å². The van der Waals surface area contributed by atoms with Crippen molar-refractivity contribution in [3.8, 4) is 0 Å². The Hall–Kier alpha value is -0.0400. The molecule has 0 aromatic heterocycles. The lowest BCUT2D eigenvalue weighted by atomic mass is 9.58. The molecule has 1 nitrogen and oxygen atoms in total. The Bertz CT molecular complexity index is 216. The Morgan fingerprint density at radius 3 is 2.44 bits per heavy atom. The van der Waals surface area contributed by atoms with Crippen molar-refractivity contribution in [2.45, 2.75) is 78.7 Å². The molecule has 1 fully saturated rings. The van der Waals surface area contributed by atoms with E-state index in [4.69, 9.17) is 5.73 Å². The van der Waals surface area contributed by atoms with Crippen molar-refractivity contribution in [2.24, 2.45) is 23.0 Å². The SMILES string of the molecule is CCCC(C)C1(N)CCCCC1C(C)(C)C. The van der Waals surface area contributed by atoms with Crippen LogP contribution in [0.4, 0.5) is 0 Å². The maximum Gasteiger partial charge on any atom is 0.0213 e. The van der Waals surface area contributed by atoms with Crippen molar-refractivity contribution in [2.75, 3.05) is 0 Å². The minimum absolute atomic E-state index is 0.0898. The first-order chi connectivity index (χ1) is 7.32. The van der Waals surface area contributed by atoms with Gasteiger partial charge in [-0.3, -0.25) is 0 Å². The predicted octanol–water partition coefficient (Wildman–Crippen LogP) is 4.36. The molecule has 2 N–H and O–H groups in total. The average Bonchev–Trinajstić information content (AvgIpc) is 2.17. The summed E-state index contributed by atoms with van der Waals surface area (Å²) in [5, 5.41) is 0. The maximum absolute atomic E-state index is 6.82. The van der Waals surface area contributed by atoms with Crippen LogP contribution in [0, 0.1) is 17.3 Å². The van der Waals surface area contributed by atoms with Crippen molar-refractivity contribution in [1.29, 1.82) is 0 Å². The molecule has 0 heterocycles. The molecule has 0 bridgehead atoms. The van der Waals surface area contributed by atoms with Crippen LogP contribution in [-0.2, 0) is 0 Å². The molecule has 0 aromatic carbocycles. The Morgan fingerprint density at radius 2 is 1.94 bits per heavy atom. The molecule has 0 aliphatic heterocycles. The van der Waals surface area contributed by atoms with E-state index in [9.17, 15) is 0 Å². The largest absolute Gasteiger partial charge is 0.325 e. The maximum atomic E-state index is 6.82. The molecule has 16 heavy (non-hydrogen) atoms. The molecule has 1 aliphatic carbocycles.